The van der Waals surface area contributed by atoms with Crippen LogP contribution < -0.4 is 5.32 Å². The van der Waals surface area contributed by atoms with Crippen molar-refractivity contribution in [3.63, 3.8) is 0 Å². The van der Waals surface area contributed by atoms with Gasteiger partial charge in [0.25, 0.3) is 0 Å². The van der Waals surface area contributed by atoms with Crippen LogP contribution in [-0.2, 0) is 30.2 Å². The van der Waals surface area contributed by atoms with E-state index in [9.17, 15) is 19.5 Å². The Morgan fingerprint density at radius 3 is 2.03 bits per heavy atom. The third-order valence-electron chi connectivity index (χ3n) is 3.33. The van der Waals surface area contributed by atoms with E-state index in [0.29, 0.717) is 6.42 Å². The molecule has 1 aromatic rings. The molecule has 8 nitrogen and oxygen atoms in total. The SMILES string of the molecule is CC(C)(C)OC(=O)CC(NC(=O)OCCc1ccc(O)cc1)C(=O)OC(C)(C)C. The maximum Gasteiger partial charge on any atom is 0.407 e. The second-order valence-corrected chi connectivity index (χ2v) is 8.57. The van der Waals surface area contributed by atoms with Crippen LogP contribution in [0, 0.1) is 0 Å². The van der Waals surface area contributed by atoms with Gasteiger partial charge >= 0.3 is 18.0 Å². The average molecular weight is 409 g/mol. The molecule has 1 aromatic carbocycles. The first-order valence-electron chi connectivity index (χ1n) is 9.41. The molecule has 162 valence electrons. The molecular weight excluding hydrogens is 378 g/mol. The van der Waals surface area contributed by atoms with Crippen molar-refractivity contribution >= 4 is 18.0 Å². The van der Waals surface area contributed by atoms with Crippen molar-refractivity contribution in [1.82, 2.24) is 5.32 Å². The first-order valence-corrected chi connectivity index (χ1v) is 9.41. The summed E-state index contributed by atoms with van der Waals surface area (Å²) in [5.74, 6) is -1.24. The lowest BCUT2D eigenvalue weighted by atomic mass is 10.1. The highest BCUT2D eigenvalue weighted by Gasteiger charge is 2.31. The molecule has 0 radical (unpaired) electrons. The fourth-order valence-electron chi connectivity index (χ4n) is 2.22. The van der Waals surface area contributed by atoms with Crippen molar-refractivity contribution in [3.05, 3.63) is 29.8 Å². The minimum absolute atomic E-state index is 0.0596. The molecule has 2 N–H and O–H groups in total. The summed E-state index contributed by atoms with van der Waals surface area (Å²) in [5.41, 5.74) is -0.637. The van der Waals surface area contributed by atoms with Gasteiger partial charge in [0.05, 0.1) is 13.0 Å². The van der Waals surface area contributed by atoms with Gasteiger partial charge in [-0.3, -0.25) is 4.79 Å². The Morgan fingerprint density at radius 1 is 0.966 bits per heavy atom. The zero-order valence-corrected chi connectivity index (χ0v) is 17.9. The van der Waals surface area contributed by atoms with Crippen molar-refractivity contribution in [2.45, 2.75) is 71.6 Å². The molecule has 0 saturated heterocycles. The van der Waals surface area contributed by atoms with Crippen LogP contribution in [0.15, 0.2) is 24.3 Å². The highest BCUT2D eigenvalue weighted by atomic mass is 16.6. The van der Waals surface area contributed by atoms with E-state index in [1.54, 1.807) is 53.7 Å². The molecule has 29 heavy (non-hydrogen) atoms. The lowest BCUT2D eigenvalue weighted by Gasteiger charge is -2.25. The van der Waals surface area contributed by atoms with Crippen LogP contribution in [0.4, 0.5) is 4.79 Å². The topological polar surface area (TPSA) is 111 Å². The van der Waals surface area contributed by atoms with E-state index in [1.165, 1.54) is 12.1 Å². The molecule has 1 atom stereocenters. The highest BCUT2D eigenvalue weighted by molar-refractivity contribution is 5.86. The number of rotatable bonds is 7. The lowest BCUT2D eigenvalue weighted by molar-refractivity contribution is -0.164. The standard InChI is InChI=1S/C21H31NO7/c1-20(2,3)28-17(24)13-16(18(25)29-21(4,5)6)22-19(26)27-12-11-14-7-9-15(23)10-8-14/h7-10,16,23H,11-13H2,1-6H3,(H,22,26). The highest BCUT2D eigenvalue weighted by Crippen LogP contribution is 2.14. The maximum absolute atomic E-state index is 12.4. The first-order chi connectivity index (χ1) is 13.2. The molecule has 0 fully saturated rings. The van der Waals surface area contributed by atoms with E-state index in [-0.39, 0.29) is 18.8 Å². The van der Waals surface area contributed by atoms with Gasteiger partial charge in [-0.2, -0.15) is 0 Å². The summed E-state index contributed by atoms with van der Waals surface area (Å²) in [6, 6.07) is 5.26. The first kappa shape index (κ1) is 24.3. The average Bonchev–Trinajstić information content (AvgIpc) is 2.52. The van der Waals surface area contributed by atoms with Crippen LogP contribution in [0.5, 0.6) is 5.75 Å². The molecule has 8 heteroatoms. The number of nitrogens with one attached hydrogen (secondary N) is 1. The van der Waals surface area contributed by atoms with Crippen molar-refractivity contribution in [1.29, 1.82) is 0 Å². The molecule has 1 unspecified atom stereocenters. The quantitative estimate of drug-likeness (QED) is 0.526. The number of amides is 1. The van der Waals surface area contributed by atoms with Gasteiger partial charge < -0.3 is 24.6 Å². The van der Waals surface area contributed by atoms with Crippen LogP contribution in [0.3, 0.4) is 0 Å². The number of hydrogen-bond acceptors (Lipinski definition) is 7. The van der Waals surface area contributed by atoms with Gasteiger partial charge in [0, 0.05) is 6.42 Å². The number of alkyl carbamates (subject to hydrolysis) is 1. The molecule has 1 rings (SSSR count). The van der Waals surface area contributed by atoms with E-state index in [4.69, 9.17) is 14.2 Å². The van der Waals surface area contributed by atoms with E-state index in [0.717, 1.165) is 5.56 Å². The fraction of sp³-hybridized carbons (Fsp3) is 0.571. The minimum Gasteiger partial charge on any atom is -0.508 e. The second-order valence-electron chi connectivity index (χ2n) is 8.57. The maximum atomic E-state index is 12.4. The molecule has 0 aliphatic rings. The smallest absolute Gasteiger partial charge is 0.407 e. The molecule has 0 spiro atoms. The van der Waals surface area contributed by atoms with Gasteiger partial charge in [-0.1, -0.05) is 12.1 Å². The largest absolute Gasteiger partial charge is 0.508 e. The molecular formula is C21H31NO7. The second kappa shape index (κ2) is 10.1. The van der Waals surface area contributed by atoms with Gasteiger partial charge in [0.2, 0.25) is 0 Å². The molecule has 1 amide bonds. The van der Waals surface area contributed by atoms with Crippen LogP contribution >= 0.6 is 0 Å². The number of aromatic hydroxyl groups is 1. The zero-order chi connectivity index (χ0) is 22.2. The Bertz CT molecular complexity index is 699. The molecule has 0 bridgehead atoms. The predicted octanol–water partition coefficient (Wildman–Crippen LogP) is 3.10. The van der Waals surface area contributed by atoms with Crippen molar-refractivity contribution in [2.75, 3.05) is 6.61 Å². The van der Waals surface area contributed by atoms with Crippen molar-refractivity contribution in [2.24, 2.45) is 0 Å². The van der Waals surface area contributed by atoms with Crippen LogP contribution in [0.2, 0.25) is 0 Å². The monoisotopic (exact) mass is 409 g/mol. The number of ether oxygens (including phenoxy) is 3. The molecule has 0 aliphatic carbocycles. The molecule has 0 aliphatic heterocycles. The Balaban J connectivity index is 2.66. The Hall–Kier alpha value is -2.77. The molecule has 0 aromatic heterocycles. The summed E-state index contributed by atoms with van der Waals surface area (Å²) in [5, 5.41) is 11.6. The third-order valence-corrected chi connectivity index (χ3v) is 3.33. The number of hydrogen-bond donors (Lipinski definition) is 2. The third kappa shape index (κ3) is 11.0. The summed E-state index contributed by atoms with van der Waals surface area (Å²) in [4.78, 5) is 36.6. The number of benzene rings is 1. The van der Waals surface area contributed by atoms with Gasteiger partial charge in [-0.15, -0.1) is 0 Å². The van der Waals surface area contributed by atoms with E-state index >= 15 is 0 Å². The van der Waals surface area contributed by atoms with E-state index in [1.807, 2.05) is 0 Å². The van der Waals surface area contributed by atoms with Crippen LogP contribution in [-0.4, -0.2) is 47.0 Å². The Kier molecular flexibility index (Phi) is 8.48. The van der Waals surface area contributed by atoms with Gasteiger partial charge in [-0.25, -0.2) is 9.59 Å². The Morgan fingerprint density at radius 2 is 1.52 bits per heavy atom. The number of carbonyl (C=O) groups is 3. The van der Waals surface area contributed by atoms with E-state index < -0.39 is 35.3 Å². The summed E-state index contributed by atoms with van der Waals surface area (Å²) in [6.07, 6.45) is -0.793. The van der Waals surface area contributed by atoms with Gasteiger partial charge in [0.1, 0.15) is 23.0 Å². The number of carbonyl (C=O) groups excluding carboxylic acids is 3. The number of phenols is 1. The van der Waals surface area contributed by atoms with Crippen molar-refractivity contribution in [3.8, 4) is 5.75 Å². The number of esters is 2. The lowest BCUT2D eigenvalue weighted by Crippen LogP contribution is -2.46. The van der Waals surface area contributed by atoms with Crippen LogP contribution in [0.1, 0.15) is 53.5 Å². The Labute approximate surface area is 171 Å². The summed E-state index contributed by atoms with van der Waals surface area (Å²) >= 11 is 0. The zero-order valence-electron chi connectivity index (χ0n) is 17.9. The molecule has 0 saturated carbocycles. The normalized spacial score (nSPS) is 12.6. The summed E-state index contributed by atoms with van der Waals surface area (Å²) in [7, 11) is 0. The van der Waals surface area contributed by atoms with Crippen LogP contribution in [0.25, 0.3) is 0 Å². The number of phenolic OH excluding ortho intramolecular Hbond substituents is 1. The summed E-state index contributed by atoms with van der Waals surface area (Å²) < 4.78 is 15.6. The van der Waals surface area contributed by atoms with Crippen molar-refractivity contribution < 1.29 is 33.7 Å². The fourth-order valence-corrected chi connectivity index (χ4v) is 2.22. The van der Waals surface area contributed by atoms with E-state index in [2.05, 4.69) is 5.32 Å². The predicted molar refractivity (Wildman–Crippen MR) is 106 cm³/mol. The minimum atomic E-state index is -1.23. The van der Waals surface area contributed by atoms with Gasteiger partial charge in [-0.05, 0) is 59.2 Å². The molecule has 0 heterocycles. The van der Waals surface area contributed by atoms with Gasteiger partial charge in [0.15, 0.2) is 0 Å². The summed E-state index contributed by atoms with van der Waals surface area (Å²) in [6.45, 7) is 10.2.